The number of nitrogens with one attached hydrogen (secondary N) is 1. The molecule has 21 heavy (non-hydrogen) atoms. The maximum atomic E-state index is 13.6. The van der Waals surface area contributed by atoms with Gasteiger partial charge in [-0.3, -0.25) is 0 Å². The molecule has 0 unspecified atom stereocenters. The predicted octanol–water partition coefficient (Wildman–Crippen LogP) is 2.74. The number of nitrogen functional groups attached to an aromatic ring is 1. The molecule has 0 aliphatic carbocycles. The first-order valence-corrected chi connectivity index (χ1v) is 6.58. The number of rotatable bonds is 6. The van der Waals surface area contributed by atoms with Gasteiger partial charge in [-0.1, -0.05) is 0 Å². The van der Waals surface area contributed by atoms with Gasteiger partial charge in [-0.2, -0.15) is 4.98 Å². The Kier molecular flexibility index (Phi) is 4.76. The molecule has 1 aromatic heterocycles. The number of halogens is 1. The number of nitrogens with zero attached hydrogens (tertiary/aromatic N) is 2. The fourth-order valence-corrected chi connectivity index (χ4v) is 1.73. The topological polar surface area (TPSA) is 82.3 Å². The first-order valence-electron chi connectivity index (χ1n) is 6.58. The summed E-state index contributed by atoms with van der Waals surface area (Å²) in [5.41, 5.74) is 6.06. The summed E-state index contributed by atoms with van der Waals surface area (Å²) in [6.45, 7) is 4.80. The lowest BCUT2D eigenvalue weighted by Crippen LogP contribution is -2.03. The molecule has 0 amide bonds. The smallest absolute Gasteiger partial charge is 0.222 e. The maximum absolute atomic E-state index is 13.6. The Morgan fingerprint density at radius 1 is 1.19 bits per heavy atom. The fourth-order valence-electron chi connectivity index (χ4n) is 1.73. The molecule has 1 heterocycles. The van der Waals surface area contributed by atoms with Crippen molar-refractivity contribution in [1.82, 2.24) is 9.97 Å². The van der Waals surface area contributed by atoms with Crippen molar-refractivity contribution in [3.63, 3.8) is 0 Å². The molecule has 2 rings (SSSR count). The van der Waals surface area contributed by atoms with E-state index in [1.807, 2.05) is 13.8 Å². The number of nitrogens with two attached hydrogens (primary N) is 1. The second kappa shape index (κ2) is 6.74. The normalized spacial score (nSPS) is 10.2. The van der Waals surface area contributed by atoms with Gasteiger partial charge in [-0.25, -0.2) is 9.37 Å². The second-order valence-electron chi connectivity index (χ2n) is 4.08. The Morgan fingerprint density at radius 3 is 2.62 bits per heavy atom. The van der Waals surface area contributed by atoms with Gasteiger partial charge in [0.1, 0.15) is 0 Å². The van der Waals surface area contributed by atoms with E-state index in [-0.39, 0.29) is 11.8 Å². The average Bonchev–Trinajstić information content (AvgIpc) is 2.46. The first kappa shape index (κ1) is 14.8. The lowest BCUT2D eigenvalue weighted by atomic mass is 10.2. The summed E-state index contributed by atoms with van der Waals surface area (Å²) < 4.78 is 24.6. The van der Waals surface area contributed by atoms with E-state index in [1.54, 1.807) is 18.2 Å². The predicted molar refractivity (Wildman–Crippen MR) is 78.5 cm³/mol. The van der Waals surface area contributed by atoms with Crippen molar-refractivity contribution >= 4 is 17.5 Å². The quantitative estimate of drug-likeness (QED) is 0.852. The van der Waals surface area contributed by atoms with E-state index in [9.17, 15) is 4.39 Å². The van der Waals surface area contributed by atoms with Gasteiger partial charge in [0.05, 0.1) is 19.4 Å². The van der Waals surface area contributed by atoms with Gasteiger partial charge in [-0.05, 0) is 26.0 Å². The van der Waals surface area contributed by atoms with Crippen LogP contribution >= 0.6 is 0 Å². The lowest BCUT2D eigenvalue weighted by Gasteiger charge is -2.13. The van der Waals surface area contributed by atoms with E-state index in [0.717, 1.165) is 6.20 Å². The molecule has 0 atom stereocenters. The number of benzene rings is 1. The molecule has 1 aromatic carbocycles. The van der Waals surface area contributed by atoms with Crippen LogP contribution in [0.2, 0.25) is 0 Å². The molecule has 0 aliphatic rings. The second-order valence-corrected chi connectivity index (χ2v) is 4.08. The highest BCUT2D eigenvalue weighted by molar-refractivity contribution is 5.62. The number of aromatic nitrogens is 2. The molecular formula is C14H17FN4O2. The van der Waals surface area contributed by atoms with Crippen molar-refractivity contribution in [3.8, 4) is 11.5 Å². The Labute approximate surface area is 122 Å². The number of anilines is 3. The fraction of sp³-hybridized carbons (Fsp3) is 0.286. The molecule has 112 valence electrons. The summed E-state index contributed by atoms with van der Waals surface area (Å²) in [5, 5.41) is 2.84. The van der Waals surface area contributed by atoms with Crippen molar-refractivity contribution in [2.24, 2.45) is 0 Å². The van der Waals surface area contributed by atoms with Crippen LogP contribution < -0.4 is 20.5 Å². The molecule has 0 bridgehead atoms. The number of ether oxygens (including phenoxy) is 2. The van der Waals surface area contributed by atoms with E-state index >= 15 is 0 Å². The molecule has 6 nitrogen and oxygen atoms in total. The van der Waals surface area contributed by atoms with Crippen LogP contribution in [0.5, 0.6) is 11.5 Å². The van der Waals surface area contributed by atoms with E-state index in [4.69, 9.17) is 15.2 Å². The molecule has 0 fully saturated rings. The van der Waals surface area contributed by atoms with Gasteiger partial charge in [0.25, 0.3) is 0 Å². The highest BCUT2D eigenvalue weighted by Crippen LogP contribution is 2.32. The van der Waals surface area contributed by atoms with E-state index in [0.29, 0.717) is 30.4 Å². The molecule has 0 saturated carbocycles. The first-order chi connectivity index (χ1) is 10.1. The van der Waals surface area contributed by atoms with Gasteiger partial charge in [0.2, 0.25) is 5.95 Å². The minimum absolute atomic E-state index is 0.00475. The summed E-state index contributed by atoms with van der Waals surface area (Å²) in [6, 6.07) is 5.21. The van der Waals surface area contributed by atoms with Gasteiger partial charge < -0.3 is 20.5 Å². The zero-order valence-electron chi connectivity index (χ0n) is 11.9. The average molecular weight is 292 g/mol. The van der Waals surface area contributed by atoms with Gasteiger partial charge in [-0.15, -0.1) is 0 Å². The summed E-state index contributed by atoms with van der Waals surface area (Å²) in [5.74, 6) is 0.624. The van der Waals surface area contributed by atoms with Crippen molar-refractivity contribution in [2.75, 3.05) is 24.3 Å². The molecule has 0 saturated heterocycles. The SMILES string of the molecule is CCOc1ccc(Nc2nc(N)ncc2F)cc1OCC. The Bertz CT molecular complexity index is 622. The highest BCUT2D eigenvalue weighted by atomic mass is 19.1. The minimum atomic E-state index is -0.587. The molecule has 0 radical (unpaired) electrons. The summed E-state index contributed by atoms with van der Waals surface area (Å²) >= 11 is 0. The van der Waals surface area contributed by atoms with Crippen molar-refractivity contribution in [2.45, 2.75) is 13.8 Å². The molecular weight excluding hydrogens is 275 g/mol. The van der Waals surface area contributed by atoms with Gasteiger partial charge >= 0.3 is 0 Å². The number of hydrogen-bond donors (Lipinski definition) is 2. The van der Waals surface area contributed by atoms with Crippen molar-refractivity contribution in [3.05, 3.63) is 30.2 Å². The van der Waals surface area contributed by atoms with Crippen LogP contribution in [-0.4, -0.2) is 23.2 Å². The zero-order valence-corrected chi connectivity index (χ0v) is 11.9. The van der Waals surface area contributed by atoms with Crippen molar-refractivity contribution in [1.29, 1.82) is 0 Å². The maximum Gasteiger partial charge on any atom is 0.222 e. The van der Waals surface area contributed by atoms with Crippen LogP contribution in [0.1, 0.15) is 13.8 Å². The molecule has 2 aromatic rings. The summed E-state index contributed by atoms with van der Waals surface area (Å²) in [4.78, 5) is 7.38. The van der Waals surface area contributed by atoms with Crippen LogP contribution in [-0.2, 0) is 0 Å². The third-order valence-electron chi connectivity index (χ3n) is 2.57. The molecule has 7 heteroatoms. The summed E-state index contributed by atoms with van der Waals surface area (Å²) in [7, 11) is 0. The van der Waals surface area contributed by atoms with Gasteiger partial charge in [0, 0.05) is 11.8 Å². The molecule has 0 aliphatic heterocycles. The minimum Gasteiger partial charge on any atom is -0.490 e. The Morgan fingerprint density at radius 2 is 1.90 bits per heavy atom. The zero-order chi connectivity index (χ0) is 15.2. The Hall–Kier alpha value is -2.57. The standard InChI is InChI=1S/C14H17FN4O2/c1-3-20-11-6-5-9(7-12(11)21-4-2)18-13-10(15)8-17-14(16)19-13/h5-8H,3-4H2,1-2H3,(H3,16,17,18,19). The van der Waals surface area contributed by atoms with Crippen LogP contribution in [0, 0.1) is 5.82 Å². The third kappa shape index (κ3) is 3.71. The monoisotopic (exact) mass is 292 g/mol. The largest absolute Gasteiger partial charge is 0.490 e. The van der Waals surface area contributed by atoms with Crippen LogP contribution in [0.4, 0.5) is 21.8 Å². The van der Waals surface area contributed by atoms with Crippen molar-refractivity contribution < 1.29 is 13.9 Å². The van der Waals surface area contributed by atoms with Crippen LogP contribution in [0.25, 0.3) is 0 Å². The lowest BCUT2D eigenvalue weighted by molar-refractivity contribution is 0.288. The highest BCUT2D eigenvalue weighted by Gasteiger charge is 2.09. The Balaban J connectivity index is 2.27. The number of hydrogen-bond acceptors (Lipinski definition) is 6. The third-order valence-corrected chi connectivity index (χ3v) is 2.57. The molecule has 0 spiro atoms. The van der Waals surface area contributed by atoms with E-state index < -0.39 is 5.82 Å². The van der Waals surface area contributed by atoms with E-state index in [1.165, 1.54) is 0 Å². The molecule has 3 N–H and O–H groups in total. The van der Waals surface area contributed by atoms with Gasteiger partial charge in [0.15, 0.2) is 23.1 Å². The van der Waals surface area contributed by atoms with Crippen LogP contribution in [0.15, 0.2) is 24.4 Å². The van der Waals surface area contributed by atoms with E-state index in [2.05, 4.69) is 15.3 Å². The summed E-state index contributed by atoms with van der Waals surface area (Å²) in [6.07, 6.45) is 1.02. The van der Waals surface area contributed by atoms with Crippen LogP contribution in [0.3, 0.4) is 0 Å².